The van der Waals surface area contributed by atoms with E-state index in [9.17, 15) is 9.90 Å². The second kappa shape index (κ2) is 7.78. The molecule has 0 aliphatic heterocycles. The molecule has 2 aromatic carbocycles. The van der Waals surface area contributed by atoms with Crippen molar-refractivity contribution in [3.05, 3.63) is 60.8 Å². The maximum absolute atomic E-state index is 12.2. The van der Waals surface area contributed by atoms with E-state index in [1.165, 1.54) is 0 Å². The van der Waals surface area contributed by atoms with Gasteiger partial charge in [0.05, 0.1) is 11.9 Å². The maximum Gasteiger partial charge on any atom is 0.225 e. The molecule has 1 amide bonds. The van der Waals surface area contributed by atoms with Crippen LogP contribution in [0.1, 0.15) is 20.3 Å². The summed E-state index contributed by atoms with van der Waals surface area (Å²) in [5.41, 5.74) is 3.01. The summed E-state index contributed by atoms with van der Waals surface area (Å²) in [5, 5.41) is 12.4. The van der Waals surface area contributed by atoms with Crippen LogP contribution in [0.25, 0.3) is 22.5 Å². The molecule has 0 saturated heterocycles. The lowest BCUT2D eigenvalue weighted by Crippen LogP contribution is -2.16. The summed E-state index contributed by atoms with van der Waals surface area (Å²) >= 11 is 0. The van der Waals surface area contributed by atoms with Gasteiger partial charge in [-0.1, -0.05) is 44.2 Å². The number of aromatic nitrogens is 2. The predicted molar refractivity (Wildman–Crippen MR) is 103 cm³/mol. The van der Waals surface area contributed by atoms with Gasteiger partial charge < -0.3 is 10.4 Å². The number of nitrogens with one attached hydrogen (secondary N) is 1. The number of rotatable bonds is 5. The van der Waals surface area contributed by atoms with E-state index in [1.807, 2.05) is 44.2 Å². The topological polar surface area (TPSA) is 75.1 Å². The number of hydrogen-bond donors (Lipinski definition) is 2. The molecule has 2 N–H and O–H groups in total. The minimum atomic E-state index is -0.0956. The van der Waals surface area contributed by atoms with E-state index >= 15 is 0 Å². The van der Waals surface area contributed by atoms with Crippen LogP contribution in [0.4, 0.5) is 5.82 Å². The van der Waals surface area contributed by atoms with Gasteiger partial charge in [0.2, 0.25) is 5.91 Å². The molecule has 0 radical (unpaired) electrons. The molecule has 1 heterocycles. The smallest absolute Gasteiger partial charge is 0.225 e. The lowest BCUT2D eigenvalue weighted by Gasteiger charge is -2.12. The number of anilines is 1. The van der Waals surface area contributed by atoms with Gasteiger partial charge in [-0.15, -0.1) is 0 Å². The molecule has 3 rings (SSSR count). The van der Waals surface area contributed by atoms with E-state index in [0.29, 0.717) is 17.9 Å². The van der Waals surface area contributed by atoms with Gasteiger partial charge in [-0.25, -0.2) is 9.97 Å². The first-order valence-corrected chi connectivity index (χ1v) is 8.54. The average Bonchev–Trinajstić information content (AvgIpc) is 2.63. The summed E-state index contributed by atoms with van der Waals surface area (Å²) in [4.78, 5) is 21.4. The molecule has 0 atom stereocenters. The molecule has 0 unspecified atom stereocenters. The van der Waals surface area contributed by atoms with Crippen molar-refractivity contribution in [2.24, 2.45) is 5.92 Å². The first kappa shape index (κ1) is 17.6. The van der Waals surface area contributed by atoms with Crippen LogP contribution in [-0.2, 0) is 4.79 Å². The Balaban J connectivity index is 2.03. The molecule has 0 aliphatic carbocycles. The minimum absolute atomic E-state index is 0.0956. The van der Waals surface area contributed by atoms with Gasteiger partial charge in [0.25, 0.3) is 0 Å². The van der Waals surface area contributed by atoms with Gasteiger partial charge in [-0.05, 0) is 30.2 Å². The van der Waals surface area contributed by atoms with E-state index in [-0.39, 0.29) is 17.6 Å². The van der Waals surface area contributed by atoms with Gasteiger partial charge in [0.15, 0.2) is 5.82 Å². The summed E-state index contributed by atoms with van der Waals surface area (Å²) in [7, 11) is 0. The van der Waals surface area contributed by atoms with Crippen molar-refractivity contribution in [2.45, 2.75) is 20.3 Å². The van der Waals surface area contributed by atoms with E-state index < -0.39 is 0 Å². The number of amides is 1. The van der Waals surface area contributed by atoms with Crippen LogP contribution in [0.3, 0.4) is 0 Å². The standard InChI is InChI=1S/C21H21N3O2/c1-14(2)12-19(26)24-21-20(16-8-10-17(25)11-9-16)23-18(13-22-21)15-6-4-3-5-7-15/h3-11,13-14,25H,12H2,1-2H3,(H,22,24,26). The van der Waals surface area contributed by atoms with Gasteiger partial charge in [-0.3, -0.25) is 4.79 Å². The molecule has 1 aromatic heterocycles. The molecule has 5 heteroatoms. The molecule has 0 bridgehead atoms. The van der Waals surface area contributed by atoms with Crippen LogP contribution < -0.4 is 5.32 Å². The number of aromatic hydroxyl groups is 1. The number of carbonyl (C=O) groups is 1. The summed E-state index contributed by atoms with van der Waals surface area (Å²) < 4.78 is 0. The van der Waals surface area contributed by atoms with Gasteiger partial charge in [0.1, 0.15) is 11.4 Å². The molecule has 5 nitrogen and oxygen atoms in total. The van der Waals surface area contributed by atoms with Crippen LogP contribution in [0, 0.1) is 5.92 Å². The molecule has 3 aromatic rings. The molecular formula is C21H21N3O2. The van der Waals surface area contributed by atoms with E-state index in [1.54, 1.807) is 30.5 Å². The quantitative estimate of drug-likeness (QED) is 0.712. The zero-order valence-electron chi connectivity index (χ0n) is 14.8. The van der Waals surface area contributed by atoms with Crippen LogP contribution in [0.2, 0.25) is 0 Å². The van der Waals surface area contributed by atoms with Gasteiger partial charge >= 0.3 is 0 Å². The van der Waals surface area contributed by atoms with Crippen LogP contribution >= 0.6 is 0 Å². The van der Waals surface area contributed by atoms with Gasteiger partial charge in [-0.2, -0.15) is 0 Å². The van der Waals surface area contributed by atoms with Crippen molar-refractivity contribution in [1.29, 1.82) is 0 Å². The van der Waals surface area contributed by atoms with Crippen LogP contribution in [0.5, 0.6) is 5.75 Å². The first-order valence-electron chi connectivity index (χ1n) is 8.54. The molecule has 132 valence electrons. The fourth-order valence-corrected chi connectivity index (χ4v) is 2.60. The molecule has 0 saturated carbocycles. The summed E-state index contributed by atoms with van der Waals surface area (Å²) in [6.45, 7) is 3.98. The highest BCUT2D eigenvalue weighted by atomic mass is 16.3. The van der Waals surface area contributed by atoms with Crippen molar-refractivity contribution < 1.29 is 9.90 Å². The average molecular weight is 347 g/mol. The highest BCUT2D eigenvalue weighted by Crippen LogP contribution is 2.29. The van der Waals surface area contributed by atoms with Crippen molar-refractivity contribution in [3.63, 3.8) is 0 Å². The van der Waals surface area contributed by atoms with E-state index in [2.05, 4.69) is 10.3 Å². The molecule has 0 spiro atoms. The Hall–Kier alpha value is -3.21. The zero-order valence-corrected chi connectivity index (χ0v) is 14.8. The van der Waals surface area contributed by atoms with E-state index in [0.717, 1.165) is 16.8 Å². The van der Waals surface area contributed by atoms with Crippen molar-refractivity contribution in [3.8, 4) is 28.3 Å². The molecule has 26 heavy (non-hydrogen) atoms. The number of phenolic OH excluding ortho intramolecular Hbond substituents is 1. The van der Waals surface area contributed by atoms with Crippen LogP contribution in [0.15, 0.2) is 60.8 Å². The Morgan fingerprint density at radius 1 is 1.04 bits per heavy atom. The fourth-order valence-electron chi connectivity index (χ4n) is 2.60. The predicted octanol–water partition coefficient (Wildman–Crippen LogP) is 4.50. The van der Waals surface area contributed by atoms with Crippen molar-refractivity contribution >= 4 is 11.7 Å². The highest BCUT2D eigenvalue weighted by molar-refractivity contribution is 5.93. The Morgan fingerprint density at radius 2 is 1.73 bits per heavy atom. The molecule has 0 aliphatic rings. The summed E-state index contributed by atoms with van der Waals surface area (Å²) in [6, 6.07) is 16.4. The third kappa shape index (κ3) is 4.25. The lowest BCUT2D eigenvalue weighted by atomic mass is 10.1. The monoisotopic (exact) mass is 347 g/mol. The van der Waals surface area contributed by atoms with E-state index in [4.69, 9.17) is 4.98 Å². The Kier molecular flexibility index (Phi) is 5.27. The minimum Gasteiger partial charge on any atom is -0.508 e. The fraction of sp³-hybridized carbons (Fsp3) is 0.190. The third-order valence-corrected chi connectivity index (χ3v) is 3.83. The Labute approximate surface area is 152 Å². The number of benzene rings is 2. The lowest BCUT2D eigenvalue weighted by molar-refractivity contribution is -0.116. The highest BCUT2D eigenvalue weighted by Gasteiger charge is 2.14. The Bertz CT molecular complexity index is 891. The SMILES string of the molecule is CC(C)CC(=O)Nc1ncc(-c2ccccc2)nc1-c1ccc(O)cc1. The zero-order chi connectivity index (χ0) is 18.5. The van der Waals surface area contributed by atoms with Crippen LogP contribution in [-0.4, -0.2) is 21.0 Å². The van der Waals surface area contributed by atoms with Gasteiger partial charge in [0, 0.05) is 17.5 Å². The molecule has 0 fully saturated rings. The number of carbonyl (C=O) groups excluding carboxylic acids is 1. The first-order chi connectivity index (χ1) is 12.5. The number of hydrogen-bond acceptors (Lipinski definition) is 4. The number of phenols is 1. The normalized spacial score (nSPS) is 10.7. The molecular weight excluding hydrogens is 326 g/mol. The largest absolute Gasteiger partial charge is 0.508 e. The summed E-state index contributed by atoms with van der Waals surface area (Å²) in [6.07, 6.45) is 2.07. The second-order valence-electron chi connectivity index (χ2n) is 6.51. The van der Waals surface area contributed by atoms with Crippen molar-refractivity contribution in [1.82, 2.24) is 9.97 Å². The maximum atomic E-state index is 12.2. The Morgan fingerprint density at radius 3 is 2.38 bits per heavy atom. The third-order valence-electron chi connectivity index (χ3n) is 3.83. The van der Waals surface area contributed by atoms with Crippen molar-refractivity contribution in [2.75, 3.05) is 5.32 Å². The second-order valence-corrected chi connectivity index (χ2v) is 6.51. The summed E-state index contributed by atoms with van der Waals surface area (Å²) in [5.74, 6) is 0.748. The number of nitrogens with zero attached hydrogens (tertiary/aromatic N) is 2.